The summed E-state index contributed by atoms with van der Waals surface area (Å²) in [6.45, 7) is 8.44. The Morgan fingerprint density at radius 1 is 1.30 bits per heavy atom. The second-order valence-corrected chi connectivity index (χ2v) is 8.37. The zero-order chi connectivity index (χ0) is 18.8. The summed E-state index contributed by atoms with van der Waals surface area (Å²) in [6.07, 6.45) is 3.77. The highest BCUT2D eigenvalue weighted by Crippen LogP contribution is 2.27. The molecular formula is C18H36IN5O2S. The molecule has 0 aromatic carbocycles. The number of aliphatic hydroxyl groups is 1. The van der Waals surface area contributed by atoms with E-state index in [-0.39, 0.29) is 29.9 Å². The van der Waals surface area contributed by atoms with Gasteiger partial charge >= 0.3 is 0 Å². The average Bonchev–Trinajstić information content (AvgIpc) is 3.07. The van der Waals surface area contributed by atoms with Crippen molar-refractivity contribution in [2.75, 3.05) is 50.8 Å². The number of carbonyl (C=O) groups is 1. The molecule has 2 aliphatic rings. The SMILES string of the molecule is CCCNC(=O)CN1CCC(NC(=NCC2(O)CCSC2)NCC)CC1.I. The third-order valence-electron chi connectivity index (χ3n) is 4.83. The molecule has 0 spiro atoms. The van der Waals surface area contributed by atoms with Crippen LogP contribution in [0.4, 0.5) is 0 Å². The molecular weight excluding hydrogens is 477 g/mol. The van der Waals surface area contributed by atoms with Gasteiger partial charge in [0.05, 0.1) is 18.7 Å². The molecule has 4 N–H and O–H groups in total. The zero-order valence-electron chi connectivity index (χ0n) is 16.6. The molecule has 1 amide bonds. The molecule has 0 aliphatic carbocycles. The van der Waals surface area contributed by atoms with Crippen LogP contribution < -0.4 is 16.0 Å². The molecule has 0 aromatic rings. The van der Waals surface area contributed by atoms with E-state index in [4.69, 9.17) is 0 Å². The van der Waals surface area contributed by atoms with E-state index in [0.717, 1.165) is 69.3 Å². The number of amides is 1. The minimum atomic E-state index is -0.651. The fraction of sp³-hybridized carbons (Fsp3) is 0.889. The maximum Gasteiger partial charge on any atom is 0.234 e. The van der Waals surface area contributed by atoms with Gasteiger partial charge in [-0.3, -0.25) is 14.7 Å². The molecule has 9 heteroatoms. The van der Waals surface area contributed by atoms with Gasteiger partial charge in [-0.2, -0.15) is 11.8 Å². The number of nitrogens with one attached hydrogen (secondary N) is 3. The lowest BCUT2D eigenvalue weighted by Crippen LogP contribution is -2.50. The number of guanidine groups is 1. The van der Waals surface area contributed by atoms with Crippen LogP contribution in [0.1, 0.15) is 39.5 Å². The van der Waals surface area contributed by atoms with E-state index < -0.39 is 5.60 Å². The summed E-state index contributed by atoms with van der Waals surface area (Å²) >= 11 is 1.79. The minimum Gasteiger partial charge on any atom is -0.387 e. The van der Waals surface area contributed by atoms with Gasteiger partial charge in [-0.15, -0.1) is 24.0 Å². The summed E-state index contributed by atoms with van der Waals surface area (Å²) in [5.74, 6) is 2.70. The molecule has 2 aliphatic heterocycles. The number of aliphatic imine (C=N–C) groups is 1. The van der Waals surface area contributed by atoms with Gasteiger partial charge in [-0.05, 0) is 38.4 Å². The summed E-state index contributed by atoms with van der Waals surface area (Å²) in [7, 11) is 0. The largest absolute Gasteiger partial charge is 0.387 e. The molecule has 2 saturated heterocycles. The maximum absolute atomic E-state index is 11.8. The molecule has 158 valence electrons. The van der Waals surface area contributed by atoms with E-state index in [1.54, 1.807) is 11.8 Å². The van der Waals surface area contributed by atoms with Crippen LogP contribution in [-0.4, -0.2) is 84.3 Å². The van der Waals surface area contributed by atoms with Crippen LogP contribution in [-0.2, 0) is 4.79 Å². The molecule has 1 unspecified atom stereocenters. The summed E-state index contributed by atoms with van der Waals surface area (Å²) in [6, 6.07) is 0.357. The van der Waals surface area contributed by atoms with Crippen LogP contribution in [0.5, 0.6) is 0 Å². The van der Waals surface area contributed by atoms with Crippen LogP contribution in [0.15, 0.2) is 4.99 Å². The number of piperidine rings is 1. The van der Waals surface area contributed by atoms with Crippen LogP contribution in [0.25, 0.3) is 0 Å². The molecule has 2 fully saturated rings. The maximum atomic E-state index is 11.8. The molecule has 27 heavy (non-hydrogen) atoms. The van der Waals surface area contributed by atoms with E-state index >= 15 is 0 Å². The zero-order valence-corrected chi connectivity index (χ0v) is 19.8. The minimum absolute atomic E-state index is 0. The van der Waals surface area contributed by atoms with E-state index in [1.165, 1.54) is 0 Å². The third-order valence-corrected chi connectivity index (χ3v) is 6.06. The van der Waals surface area contributed by atoms with Gasteiger partial charge in [0.25, 0.3) is 0 Å². The Balaban J connectivity index is 0.00000364. The lowest BCUT2D eigenvalue weighted by atomic mass is 10.0. The van der Waals surface area contributed by atoms with Crippen molar-refractivity contribution in [3.8, 4) is 0 Å². The van der Waals surface area contributed by atoms with Crippen LogP contribution in [0, 0.1) is 0 Å². The number of carbonyl (C=O) groups excluding carboxylic acids is 1. The second-order valence-electron chi connectivity index (χ2n) is 7.27. The van der Waals surface area contributed by atoms with E-state index in [0.29, 0.717) is 19.1 Å². The number of hydrogen-bond acceptors (Lipinski definition) is 5. The van der Waals surface area contributed by atoms with Crippen molar-refractivity contribution < 1.29 is 9.90 Å². The molecule has 7 nitrogen and oxygen atoms in total. The van der Waals surface area contributed by atoms with Gasteiger partial charge in [0.15, 0.2) is 5.96 Å². The Hall–Kier alpha value is -0.260. The predicted octanol–water partition coefficient (Wildman–Crippen LogP) is 1.02. The standard InChI is InChI=1S/C18H35N5O2S.HI/c1-3-8-20-16(24)12-23-9-5-15(6-10-23)22-17(19-4-2)21-13-18(25)7-11-26-14-18;/h15,25H,3-14H2,1-2H3,(H,20,24)(H2,19,21,22);1H. The summed E-state index contributed by atoms with van der Waals surface area (Å²) in [4.78, 5) is 18.7. The number of thioether (sulfide) groups is 1. The Labute approximate surface area is 184 Å². The van der Waals surface area contributed by atoms with Gasteiger partial charge in [0.1, 0.15) is 0 Å². The van der Waals surface area contributed by atoms with Crippen molar-refractivity contribution in [2.24, 2.45) is 4.99 Å². The number of halogens is 1. The molecule has 0 radical (unpaired) electrons. The van der Waals surface area contributed by atoms with Gasteiger partial charge in [-0.25, -0.2) is 0 Å². The summed E-state index contributed by atoms with van der Waals surface area (Å²) < 4.78 is 0. The Bertz CT molecular complexity index is 467. The van der Waals surface area contributed by atoms with Crippen molar-refractivity contribution in [3.05, 3.63) is 0 Å². The Morgan fingerprint density at radius 3 is 2.63 bits per heavy atom. The van der Waals surface area contributed by atoms with Gasteiger partial charge < -0.3 is 21.1 Å². The van der Waals surface area contributed by atoms with E-state index in [9.17, 15) is 9.90 Å². The van der Waals surface area contributed by atoms with Gasteiger partial charge in [0.2, 0.25) is 5.91 Å². The predicted molar refractivity (Wildman–Crippen MR) is 124 cm³/mol. The topological polar surface area (TPSA) is 89.0 Å². The number of rotatable bonds is 8. The normalized spacial score (nSPS) is 24.3. The molecule has 2 heterocycles. The first-order valence-electron chi connectivity index (χ1n) is 9.88. The van der Waals surface area contributed by atoms with Gasteiger partial charge in [-0.1, -0.05) is 6.92 Å². The van der Waals surface area contributed by atoms with E-state index in [2.05, 4.69) is 39.7 Å². The fourth-order valence-corrected chi connectivity index (χ4v) is 4.50. The fourth-order valence-electron chi connectivity index (χ4n) is 3.22. The van der Waals surface area contributed by atoms with Crippen molar-refractivity contribution in [2.45, 2.75) is 51.2 Å². The van der Waals surface area contributed by atoms with Crippen LogP contribution in [0.2, 0.25) is 0 Å². The van der Waals surface area contributed by atoms with Crippen LogP contribution >= 0.6 is 35.7 Å². The highest BCUT2D eigenvalue weighted by molar-refractivity contribution is 14.0. The number of hydrogen-bond donors (Lipinski definition) is 4. The first-order chi connectivity index (χ1) is 12.5. The lowest BCUT2D eigenvalue weighted by Gasteiger charge is -2.32. The summed E-state index contributed by atoms with van der Waals surface area (Å²) in [5, 5.41) is 20.2. The summed E-state index contributed by atoms with van der Waals surface area (Å²) in [5.41, 5.74) is -0.651. The van der Waals surface area contributed by atoms with Crippen molar-refractivity contribution in [1.82, 2.24) is 20.9 Å². The lowest BCUT2D eigenvalue weighted by molar-refractivity contribution is -0.122. The van der Waals surface area contributed by atoms with Crippen LogP contribution in [0.3, 0.4) is 0 Å². The highest BCUT2D eigenvalue weighted by atomic mass is 127. The third kappa shape index (κ3) is 9.19. The first-order valence-corrected chi connectivity index (χ1v) is 11.0. The van der Waals surface area contributed by atoms with Gasteiger partial charge in [0, 0.05) is 38.0 Å². The quantitative estimate of drug-likeness (QED) is 0.220. The highest BCUT2D eigenvalue weighted by Gasteiger charge is 2.31. The average molecular weight is 513 g/mol. The second kappa shape index (κ2) is 13.1. The first kappa shape index (κ1) is 24.8. The molecule has 0 aromatic heterocycles. The Morgan fingerprint density at radius 2 is 2.04 bits per heavy atom. The van der Waals surface area contributed by atoms with Crippen molar-refractivity contribution >= 4 is 47.6 Å². The molecule has 1 atom stereocenters. The molecule has 0 bridgehead atoms. The molecule has 2 rings (SSSR count). The number of nitrogens with zero attached hydrogens (tertiary/aromatic N) is 2. The monoisotopic (exact) mass is 513 g/mol. The van der Waals surface area contributed by atoms with E-state index in [1.807, 2.05) is 0 Å². The molecule has 0 saturated carbocycles. The Kier molecular flexibility index (Phi) is 12.0. The van der Waals surface area contributed by atoms with Crippen molar-refractivity contribution in [1.29, 1.82) is 0 Å². The number of likely N-dealkylation sites (tertiary alicyclic amines) is 1. The van der Waals surface area contributed by atoms with Crippen molar-refractivity contribution in [3.63, 3.8) is 0 Å². The smallest absolute Gasteiger partial charge is 0.234 e.